The Balaban J connectivity index is 2.95. The maximum Gasteiger partial charge on any atom is 0.191 e. The minimum absolute atomic E-state index is 0.327. The van der Waals surface area contributed by atoms with Crippen molar-refractivity contribution in [1.29, 1.82) is 0 Å². The first-order valence-electron chi connectivity index (χ1n) is 7.37. The molecule has 0 unspecified atom stereocenters. The van der Waals surface area contributed by atoms with Crippen LogP contribution in [0.1, 0.15) is 25.0 Å². The van der Waals surface area contributed by atoms with Crippen LogP contribution in [0.2, 0.25) is 0 Å². The number of aliphatic imine (C=N–C) groups is 1. The van der Waals surface area contributed by atoms with Crippen molar-refractivity contribution in [2.24, 2.45) is 4.99 Å². The second-order valence-corrected chi connectivity index (χ2v) is 5.21. The van der Waals surface area contributed by atoms with E-state index in [4.69, 9.17) is 9.47 Å². The van der Waals surface area contributed by atoms with Crippen LogP contribution in [0.25, 0.3) is 0 Å². The fraction of sp³-hybridized carbons (Fsp3) is 0.471. The number of nitrogens with zero attached hydrogens (tertiary/aromatic N) is 1. The summed E-state index contributed by atoms with van der Waals surface area (Å²) in [6, 6.07) is 4.40. The topological polar surface area (TPSA) is 54.9 Å². The van der Waals surface area contributed by atoms with E-state index in [1.807, 2.05) is 12.1 Å². The highest BCUT2D eigenvalue weighted by Gasteiger charge is 2.12. The molecule has 0 fully saturated rings. The van der Waals surface area contributed by atoms with Crippen molar-refractivity contribution in [2.75, 3.05) is 21.3 Å². The molecule has 1 aromatic carbocycles. The number of hydrogen-bond donors (Lipinski definition) is 2. The zero-order chi connectivity index (χ0) is 16.5. The maximum absolute atomic E-state index is 5.45. The molecular formula is C17H27N3O2. The lowest BCUT2D eigenvalue weighted by Crippen LogP contribution is -2.40. The number of ether oxygens (including phenoxy) is 2. The van der Waals surface area contributed by atoms with Gasteiger partial charge in [-0.3, -0.25) is 4.99 Å². The molecule has 5 heteroatoms. The average molecular weight is 305 g/mol. The zero-order valence-corrected chi connectivity index (χ0v) is 14.2. The van der Waals surface area contributed by atoms with Crippen LogP contribution in [0.3, 0.4) is 0 Å². The molecule has 0 heterocycles. The molecule has 1 aromatic rings. The van der Waals surface area contributed by atoms with Crippen LogP contribution in [0.15, 0.2) is 29.8 Å². The van der Waals surface area contributed by atoms with Crippen molar-refractivity contribution in [1.82, 2.24) is 10.6 Å². The first kappa shape index (κ1) is 17.9. The van der Waals surface area contributed by atoms with Gasteiger partial charge in [0.15, 0.2) is 17.5 Å². The van der Waals surface area contributed by atoms with E-state index in [0.717, 1.165) is 35.0 Å². The lowest BCUT2D eigenvalue weighted by molar-refractivity contribution is 0.352. The van der Waals surface area contributed by atoms with Gasteiger partial charge in [-0.15, -0.1) is 6.58 Å². The largest absolute Gasteiger partial charge is 0.493 e. The highest BCUT2D eigenvalue weighted by molar-refractivity contribution is 5.79. The number of nitrogens with one attached hydrogen (secondary N) is 2. The number of rotatable bonds is 7. The molecule has 0 amide bonds. The Kier molecular flexibility index (Phi) is 7.29. The zero-order valence-electron chi connectivity index (χ0n) is 14.2. The van der Waals surface area contributed by atoms with Gasteiger partial charge in [0.05, 0.1) is 14.2 Å². The molecule has 2 N–H and O–H groups in total. The van der Waals surface area contributed by atoms with Gasteiger partial charge in [0.1, 0.15) is 0 Å². The van der Waals surface area contributed by atoms with Crippen LogP contribution in [0.4, 0.5) is 0 Å². The molecule has 5 nitrogen and oxygen atoms in total. The summed E-state index contributed by atoms with van der Waals surface area (Å²) >= 11 is 0. The molecule has 0 aliphatic rings. The van der Waals surface area contributed by atoms with Crippen molar-refractivity contribution < 1.29 is 9.47 Å². The second kappa shape index (κ2) is 8.97. The fourth-order valence-electron chi connectivity index (χ4n) is 2.17. The van der Waals surface area contributed by atoms with Crippen molar-refractivity contribution in [3.8, 4) is 11.5 Å². The Labute approximate surface area is 133 Å². The van der Waals surface area contributed by atoms with Gasteiger partial charge >= 0.3 is 0 Å². The number of allylic oxidation sites excluding steroid dienone is 1. The Bertz CT molecular complexity index is 525. The number of guanidine groups is 1. The third-order valence-corrected chi connectivity index (χ3v) is 3.09. The number of methoxy groups -OCH3 is 2. The van der Waals surface area contributed by atoms with E-state index < -0.39 is 0 Å². The van der Waals surface area contributed by atoms with E-state index in [1.165, 1.54) is 0 Å². The third kappa shape index (κ3) is 4.98. The van der Waals surface area contributed by atoms with Crippen molar-refractivity contribution in [3.63, 3.8) is 0 Å². The minimum atomic E-state index is 0.327. The first-order valence-corrected chi connectivity index (χ1v) is 7.37. The molecule has 0 bridgehead atoms. The van der Waals surface area contributed by atoms with Crippen LogP contribution in [0, 0.1) is 0 Å². The summed E-state index contributed by atoms with van der Waals surface area (Å²) < 4.78 is 10.9. The molecular weight excluding hydrogens is 278 g/mol. The fourth-order valence-corrected chi connectivity index (χ4v) is 2.17. The van der Waals surface area contributed by atoms with Crippen LogP contribution in [-0.4, -0.2) is 33.3 Å². The first-order chi connectivity index (χ1) is 10.5. The lowest BCUT2D eigenvalue weighted by Gasteiger charge is -2.17. The van der Waals surface area contributed by atoms with Gasteiger partial charge in [-0.2, -0.15) is 0 Å². The van der Waals surface area contributed by atoms with E-state index >= 15 is 0 Å². The predicted molar refractivity (Wildman–Crippen MR) is 91.9 cm³/mol. The summed E-state index contributed by atoms with van der Waals surface area (Å²) in [6.07, 6.45) is 2.58. The van der Waals surface area contributed by atoms with Gasteiger partial charge in [0.25, 0.3) is 0 Å². The standard InChI is InChI=1S/C17H27N3O2/c1-7-8-14-9-13(10-15(21-5)16(14)22-6)11-19-17(18-4)20-12(2)3/h7,9-10,12H,1,8,11H2,2-6H3,(H2,18,19,20). The predicted octanol–water partition coefficient (Wildman–Crippen LogP) is 2.51. The molecule has 22 heavy (non-hydrogen) atoms. The van der Waals surface area contributed by atoms with Gasteiger partial charge in [0.2, 0.25) is 0 Å². The van der Waals surface area contributed by atoms with E-state index in [1.54, 1.807) is 21.3 Å². The van der Waals surface area contributed by atoms with Crippen LogP contribution < -0.4 is 20.1 Å². The van der Waals surface area contributed by atoms with E-state index in [2.05, 4.69) is 42.1 Å². The highest BCUT2D eigenvalue weighted by atomic mass is 16.5. The summed E-state index contributed by atoms with van der Waals surface area (Å²) in [5.41, 5.74) is 2.15. The summed E-state index contributed by atoms with van der Waals surface area (Å²) in [7, 11) is 5.05. The van der Waals surface area contributed by atoms with Gasteiger partial charge in [-0.1, -0.05) is 6.08 Å². The maximum atomic E-state index is 5.45. The van der Waals surface area contributed by atoms with Gasteiger partial charge in [-0.05, 0) is 38.0 Å². The van der Waals surface area contributed by atoms with Crippen molar-refractivity contribution in [3.05, 3.63) is 35.9 Å². The Hall–Kier alpha value is -2.17. The molecule has 0 aliphatic heterocycles. The molecule has 0 aromatic heterocycles. The molecule has 0 aliphatic carbocycles. The number of benzene rings is 1. The van der Waals surface area contributed by atoms with Crippen LogP contribution >= 0.6 is 0 Å². The summed E-state index contributed by atoms with van der Waals surface area (Å²) in [5, 5.41) is 6.55. The second-order valence-electron chi connectivity index (χ2n) is 5.21. The molecule has 1 rings (SSSR count). The third-order valence-electron chi connectivity index (χ3n) is 3.09. The van der Waals surface area contributed by atoms with E-state index in [-0.39, 0.29) is 0 Å². The SMILES string of the molecule is C=CCc1cc(CNC(=NC)NC(C)C)cc(OC)c1OC. The van der Waals surface area contributed by atoms with Crippen LogP contribution in [-0.2, 0) is 13.0 Å². The monoisotopic (exact) mass is 305 g/mol. The van der Waals surface area contributed by atoms with Crippen LogP contribution in [0.5, 0.6) is 11.5 Å². The van der Waals surface area contributed by atoms with Gasteiger partial charge < -0.3 is 20.1 Å². The summed E-state index contributed by atoms with van der Waals surface area (Å²) in [5.74, 6) is 2.26. The Morgan fingerprint density at radius 2 is 2.05 bits per heavy atom. The average Bonchev–Trinajstić information content (AvgIpc) is 2.50. The molecule has 122 valence electrons. The van der Waals surface area contributed by atoms with Gasteiger partial charge in [0, 0.05) is 25.2 Å². The Morgan fingerprint density at radius 1 is 1.32 bits per heavy atom. The molecule has 0 spiro atoms. The van der Waals surface area contributed by atoms with E-state index in [9.17, 15) is 0 Å². The smallest absolute Gasteiger partial charge is 0.191 e. The molecule has 0 saturated carbocycles. The van der Waals surface area contributed by atoms with Crippen molar-refractivity contribution in [2.45, 2.75) is 32.9 Å². The quantitative estimate of drug-likeness (QED) is 0.462. The molecule has 0 atom stereocenters. The van der Waals surface area contributed by atoms with Crippen molar-refractivity contribution >= 4 is 5.96 Å². The summed E-state index contributed by atoms with van der Waals surface area (Å²) in [4.78, 5) is 4.20. The summed E-state index contributed by atoms with van der Waals surface area (Å²) in [6.45, 7) is 8.59. The molecule has 0 radical (unpaired) electrons. The molecule has 0 saturated heterocycles. The highest BCUT2D eigenvalue weighted by Crippen LogP contribution is 2.33. The lowest BCUT2D eigenvalue weighted by atomic mass is 10.1. The van der Waals surface area contributed by atoms with Gasteiger partial charge in [-0.25, -0.2) is 0 Å². The van der Waals surface area contributed by atoms with E-state index in [0.29, 0.717) is 12.6 Å². The normalized spacial score (nSPS) is 11.3. The Morgan fingerprint density at radius 3 is 2.55 bits per heavy atom. The minimum Gasteiger partial charge on any atom is -0.493 e. The number of hydrogen-bond acceptors (Lipinski definition) is 3.